The number of hydrogen-bond acceptors (Lipinski definition) is 3. The zero-order valence-corrected chi connectivity index (χ0v) is 14.9. The van der Waals surface area contributed by atoms with E-state index in [0.717, 1.165) is 56.9 Å². The Morgan fingerprint density at radius 1 is 1.13 bits per heavy atom. The van der Waals surface area contributed by atoms with Crippen molar-refractivity contribution < 1.29 is 9.90 Å². The van der Waals surface area contributed by atoms with Gasteiger partial charge in [-0.1, -0.05) is 26.7 Å². The van der Waals surface area contributed by atoms with E-state index in [4.69, 9.17) is 0 Å². The lowest BCUT2D eigenvalue weighted by Gasteiger charge is -2.34. The first-order chi connectivity index (χ1) is 11.0. The lowest BCUT2D eigenvalue weighted by Crippen LogP contribution is -2.45. The van der Waals surface area contributed by atoms with Gasteiger partial charge >= 0.3 is 6.03 Å². The summed E-state index contributed by atoms with van der Waals surface area (Å²) in [4.78, 5) is 14.3. The second-order valence-electron chi connectivity index (χ2n) is 7.95. The molecular weight excluding hydrogens is 290 g/mol. The molecule has 0 aromatic rings. The van der Waals surface area contributed by atoms with Gasteiger partial charge in [0, 0.05) is 26.2 Å². The summed E-state index contributed by atoms with van der Waals surface area (Å²) in [5.41, 5.74) is -0.668. The Balaban J connectivity index is 1.49. The topological polar surface area (TPSA) is 64.6 Å². The average Bonchev–Trinajstić information content (AvgIpc) is 2.91. The van der Waals surface area contributed by atoms with Crippen LogP contribution in [0.2, 0.25) is 0 Å². The summed E-state index contributed by atoms with van der Waals surface area (Å²) in [7, 11) is 0. The Labute approximate surface area is 141 Å². The van der Waals surface area contributed by atoms with Gasteiger partial charge in [-0.25, -0.2) is 4.79 Å². The lowest BCUT2D eigenvalue weighted by molar-refractivity contribution is 0.0501. The summed E-state index contributed by atoms with van der Waals surface area (Å²) in [5.74, 6) is 1.62. The summed E-state index contributed by atoms with van der Waals surface area (Å²) < 4.78 is 0. The molecule has 23 heavy (non-hydrogen) atoms. The van der Waals surface area contributed by atoms with E-state index in [9.17, 15) is 9.90 Å². The van der Waals surface area contributed by atoms with E-state index in [1.54, 1.807) is 0 Å². The summed E-state index contributed by atoms with van der Waals surface area (Å²) in [5, 5.41) is 15.9. The van der Waals surface area contributed by atoms with Crippen LogP contribution in [-0.4, -0.2) is 54.4 Å². The van der Waals surface area contributed by atoms with E-state index in [1.807, 2.05) is 0 Å². The molecule has 1 aliphatic carbocycles. The Hall–Kier alpha value is -0.810. The third-order valence-corrected chi connectivity index (χ3v) is 5.24. The maximum absolute atomic E-state index is 11.7. The summed E-state index contributed by atoms with van der Waals surface area (Å²) >= 11 is 0. The summed E-state index contributed by atoms with van der Waals surface area (Å²) in [6.45, 7) is 9.34. The van der Waals surface area contributed by atoms with Crippen LogP contribution in [0.4, 0.5) is 4.79 Å². The number of nitrogens with one attached hydrogen (secondary N) is 2. The first-order valence-corrected chi connectivity index (χ1v) is 9.43. The number of urea groups is 1. The lowest BCUT2D eigenvalue weighted by atomic mass is 9.92. The molecule has 2 amide bonds. The zero-order valence-electron chi connectivity index (χ0n) is 14.9. The first-order valence-electron chi connectivity index (χ1n) is 9.43. The van der Waals surface area contributed by atoms with Crippen molar-refractivity contribution in [3.05, 3.63) is 0 Å². The van der Waals surface area contributed by atoms with Gasteiger partial charge < -0.3 is 20.6 Å². The van der Waals surface area contributed by atoms with Crippen molar-refractivity contribution >= 4 is 6.03 Å². The minimum absolute atomic E-state index is 0.148. The Morgan fingerprint density at radius 2 is 1.78 bits per heavy atom. The number of amides is 2. The molecule has 0 bridgehead atoms. The highest BCUT2D eigenvalue weighted by Gasteiger charge is 2.31. The second kappa shape index (κ2) is 8.88. The molecule has 0 spiro atoms. The van der Waals surface area contributed by atoms with E-state index < -0.39 is 5.60 Å². The van der Waals surface area contributed by atoms with Crippen molar-refractivity contribution in [2.45, 2.75) is 64.4 Å². The molecule has 1 saturated heterocycles. The average molecular weight is 325 g/mol. The predicted octanol–water partition coefficient (Wildman–Crippen LogP) is 2.35. The summed E-state index contributed by atoms with van der Waals surface area (Å²) in [6, 6.07) is -0.148. The van der Waals surface area contributed by atoms with E-state index in [2.05, 4.69) is 29.4 Å². The molecule has 2 unspecified atom stereocenters. The number of rotatable bonds is 7. The van der Waals surface area contributed by atoms with Crippen molar-refractivity contribution in [1.82, 2.24) is 15.5 Å². The van der Waals surface area contributed by atoms with E-state index in [-0.39, 0.29) is 6.03 Å². The van der Waals surface area contributed by atoms with Gasteiger partial charge in [-0.3, -0.25) is 0 Å². The van der Waals surface area contributed by atoms with Crippen LogP contribution in [0, 0.1) is 11.8 Å². The van der Waals surface area contributed by atoms with Gasteiger partial charge in [-0.15, -0.1) is 0 Å². The maximum atomic E-state index is 11.7. The fourth-order valence-electron chi connectivity index (χ4n) is 4.15. The van der Waals surface area contributed by atoms with Crippen LogP contribution < -0.4 is 10.6 Å². The van der Waals surface area contributed by atoms with Crippen LogP contribution in [0.5, 0.6) is 0 Å². The minimum Gasteiger partial charge on any atom is -0.388 e. The molecule has 2 aliphatic rings. The van der Waals surface area contributed by atoms with E-state index in [1.165, 1.54) is 19.5 Å². The van der Waals surface area contributed by atoms with Gasteiger partial charge in [-0.2, -0.15) is 0 Å². The van der Waals surface area contributed by atoms with Gasteiger partial charge in [0.2, 0.25) is 0 Å². The van der Waals surface area contributed by atoms with Gasteiger partial charge in [0.1, 0.15) is 0 Å². The number of aliphatic hydroxyl groups is 1. The molecule has 1 saturated carbocycles. The van der Waals surface area contributed by atoms with Crippen molar-refractivity contribution in [3.63, 3.8) is 0 Å². The molecule has 2 fully saturated rings. The minimum atomic E-state index is -0.668. The SMILES string of the molecule is CC1CC(C)CN(CCCCNC(=O)NCC2(O)CCCC2)C1. The fourth-order valence-corrected chi connectivity index (χ4v) is 4.15. The predicted molar refractivity (Wildman–Crippen MR) is 93.4 cm³/mol. The van der Waals surface area contributed by atoms with Crippen LogP contribution in [0.15, 0.2) is 0 Å². The van der Waals surface area contributed by atoms with Crippen LogP contribution >= 0.6 is 0 Å². The smallest absolute Gasteiger partial charge is 0.314 e. The standard InChI is InChI=1S/C18H35N3O2/c1-15-11-16(2)13-21(12-15)10-6-5-9-19-17(22)20-14-18(23)7-3-4-8-18/h15-16,23H,3-14H2,1-2H3,(H2,19,20,22). The van der Waals surface area contributed by atoms with Crippen LogP contribution in [0.25, 0.3) is 0 Å². The molecule has 134 valence electrons. The summed E-state index contributed by atoms with van der Waals surface area (Å²) in [6.07, 6.45) is 7.23. The molecule has 1 aliphatic heterocycles. The highest BCUT2D eigenvalue weighted by Crippen LogP contribution is 2.28. The molecule has 1 heterocycles. The maximum Gasteiger partial charge on any atom is 0.314 e. The molecule has 3 N–H and O–H groups in total. The van der Waals surface area contributed by atoms with Crippen LogP contribution in [-0.2, 0) is 0 Å². The quantitative estimate of drug-likeness (QED) is 0.630. The van der Waals surface area contributed by atoms with Gasteiger partial charge in [-0.05, 0) is 50.5 Å². The number of piperidine rings is 1. The van der Waals surface area contributed by atoms with Crippen molar-refractivity contribution in [3.8, 4) is 0 Å². The monoisotopic (exact) mass is 325 g/mol. The molecular formula is C18H35N3O2. The highest BCUT2D eigenvalue weighted by atomic mass is 16.3. The number of hydrogen-bond donors (Lipinski definition) is 3. The Kier molecular flexibility index (Phi) is 7.15. The molecule has 0 aromatic carbocycles. The van der Waals surface area contributed by atoms with E-state index >= 15 is 0 Å². The Bertz CT molecular complexity index is 359. The molecule has 2 atom stereocenters. The molecule has 2 rings (SSSR count). The number of likely N-dealkylation sites (tertiary alicyclic amines) is 1. The number of carbonyl (C=O) groups is 1. The largest absolute Gasteiger partial charge is 0.388 e. The van der Waals surface area contributed by atoms with Crippen molar-refractivity contribution in [1.29, 1.82) is 0 Å². The normalized spacial score (nSPS) is 27.8. The molecule has 5 heteroatoms. The molecule has 0 aromatic heterocycles. The third kappa shape index (κ3) is 6.68. The number of nitrogens with zero attached hydrogens (tertiary/aromatic N) is 1. The van der Waals surface area contributed by atoms with Gasteiger partial charge in [0.25, 0.3) is 0 Å². The van der Waals surface area contributed by atoms with Crippen LogP contribution in [0.1, 0.15) is 58.8 Å². The van der Waals surface area contributed by atoms with Crippen molar-refractivity contribution in [2.24, 2.45) is 11.8 Å². The van der Waals surface area contributed by atoms with Gasteiger partial charge in [0.15, 0.2) is 0 Å². The number of unbranched alkanes of at least 4 members (excludes halogenated alkanes) is 1. The third-order valence-electron chi connectivity index (χ3n) is 5.24. The van der Waals surface area contributed by atoms with Gasteiger partial charge in [0.05, 0.1) is 5.60 Å². The zero-order chi connectivity index (χ0) is 16.7. The molecule has 5 nitrogen and oxygen atoms in total. The van der Waals surface area contributed by atoms with E-state index in [0.29, 0.717) is 13.1 Å². The second-order valence-corrected chi connectivity index (χ2v) is 7.95. The van der Waals surface area contributed by atoms with Crippen molar-refractivity contribution in [2.75, 3.05) is 32.7 Å². The Morgan fingerprint density at radius 3 is 2.43 bits per heavy atom. The fraction of sp³-hybridized carbons (Fsp3) is 0.944. The molecule has 0 radical (unpaired) electrons. The van der Waals surface area contributed by atoms with Crippen LogP contribution in [0.3, 0.4) is 0 Å². The first kappa shape index (κ1) is 18.5. The highest BCUT2D eigenvalue weighted by molar-refractivity contribution is 5.73. The number of carbonyl (C=O) groups excluding carboxylic acids is 1.